The molecule has 14 heteroatoms. The number of unbranched alkanes of at least 4 members (excludes halogenated alkanes) is 1. The Morgan fingerprint density at radius 2 is 1.41 bits per heavy atom. The Labute approximate surface area is 203 Å². The summed E-state index contributed by atoms with van der Waals surface area (Å²) in [4.78, 5) is 60.7. The van der Waals surface area contributed by atoms with Crippen molar-refractivity contribution in [1.82, 2.24) is 16.0 Å². The first-order valence-electron chi connectivity index (χ1n) is 11.0. The van der Waals surface area contributed by atoms with Gasteiger partial charge in [-0.1, -0.05) is 0 Å². The lowest BCUT2D eigenvalue weighted by atomic mass is 10.0. The van der Waals surface area contributed by atoms with Gasteiger partial charge in [-0.25, -0.2) is 4.79 Å². The molecule has 4 amide bonds. The molecule has 34 heavy (non-hydrogen) atoms. The van der Waals surface area contributed by atoms with Crippen molar-refractivity contribution in [3.63, 3.8) is 0 Å². The molecule has 5 unspecified atom stereocenters. The van der Waals surface area contributed by atoms with Crippen LogP contribution in [0.15, 0.2) is 0 Å². The van der Waals surface area contributed by atoms with Crippen molar-refractivity contribution in [3.8, 4) is 0 Å². The molecule has 13 nitrogen and oxygen atoms in total. The molecule has 0 aromatic rings. The van der Waals surface area contributed by atoms with Crippen LogP contribution < -0.4 is 33.2 Å². The minimum absolute atomic E-state index is 0.165. The number of aliphatic hydroxyl groups excluding tert-OH is 1. The summed E-state index contributed by atoms with van der Waals surface area (Å²) in [6.45, 7) is 1.67. The van der Waals surface area contributed by atoms with Crippen molar-refractivity contribution in [2.75, 3.05) is 18.6 Å². The second-order valence-electron chi connectivity index (χ2n) is 7.86. The predicted molar refractivity (Wildman–Crippen MR) is 127 cm³/mol. The molecule has 0 saturated carbocycles. The standard InChI is InChI=1S/C20H38N6O7S/c1-11(27)16(23)19(31)25-13(6-7-15(22)28)18(30)24-12(5-3-4-9-21)17(29)26-14(20(32)33)8-10-34-2/h11-14,16,27H,3-10,21,23H2,1-2H3,(H2,22,28)(H,24,30)(H,25,31)(H,26,29)(H,32,33). The molecule has 0 aliphatic heterocycles. The lowest BCUT2D eigenvalue weighted by molar-refractivity contribution is -0.142. The normalized spacial score (nSPS) is 15.3. The number of amides is 4. The molecular formula is C20H38N6O7S. The van der Waals surface area contributed by atoms with Crippen LogP contribution in [0.2, 0.25) is 0 Å². The Morgan fingerprint density at radius 3 is 1.88 bits per heavy atom. The summed E-state index contributed by atoms with van der Waals surface area (Å²) in [5.74, 6) is -3.70. The van der Waals surface area contributed by atoms with Crippen LogP contribution in [0.3, 0.4) is 0 Å². The Morgan fingerprint density at radius 1 is 0.882 bits per heavy atom. The number of nitrogens with one attached hydrogen (secondary N) is 3. The molecule has 0 aliphatic carbocycles. The summed E-state index contributed by atoms with van der Waals surface area (Å²) in [6, 6.07) is -4.82. The maximum absolute atomic E-state index is 12.9. The zero-order valence-electron chi connectivity index (χ0n) is 19.6. The smallest absolute Gasteiger partial charge is 0.326 e. The second-order valence-corrected chi connectivity index (χ2v) is 8.84. The first-order chi connectivity index (χ1) is 15.9. The zero-order chi connectivity index (χ0) is 26.3. The fourth-order valence-electron chi connectivity index (χ4n) is 2.84. The summed E-state index contributed by atoms with van der Waals surface area (Å²) in [5, 5.41) is 26.2. The molecule has 0 rings (SSSR count). The average molecular weight is 507 g/mol. The number of carboxylic acids is 1. The molecule has 0 heterocycles. The minimum Gasteiger partial charge on any atom is -0.480 e. The molecule has 0 bridgehead atoms. The summed E-state index contributed by atoms with van der Waals surface area (Å²) >= 11 is 1.43. The number of rotatable bonds is 18. The van der Waals surface area contributed by atoms with Gasteiger partial charge in [-0.15, -0.1) is 0 Å². The van der Waals surface area contributed by atoms with E-state index in [0.29, 0.717) is 25.1 Å². The SMILES string of the molecule is CSCCC(NC(=O)C(CCCCN)NC(=O)C(CCC(N)=O)NC(=O)C(N)C(C)O)C(=O)O. The van der Waals surface area contributed by atoms with Gasteiger partial charge in [-0.3, -0.25) is 19.2 Å². The Hall–Kier alpha value is -2.42. The number of thioether (sulfide) groups is 1. The minimum atomic E-state index is -1.32. The monoisotopic (exact) mass is 506 g/mol. The number of aliphatic hydroxyl groups is 1. The van der Waals surface area contributed by atoms with E-state index in [-0.39, 0.29) is 25.7 Å². The van der Waals surface area contributed by atoms with Gasteiger partial charge in [0.15, 0.2) is 0 Å². The predicted octanol–water partition coefficient (Wildman–Crippen LogP) is -2.62. The van der Waals surface area contributed by atoms with Crippen LogP contribution in [0, 0.1) is 0 Å². The molecule has 196 valence electrons. The fraction of sp³-hybridized carbons (Fsp3) is 0.750. The molecule has 0 fully saturated rings. The van der Waals surface area contributed by atoms with Gasteiger partial charge in [0.2, 0.25) is 23.6 Å². The van der Waals surface area contributed by atoms with Crippen molar-refractivity contribution in [1.29, 1.82) is 0 Å². The van der Waals surface area contributed by atoms with E-state index in [1.165, 1.54) is 18.7 Å². The third-order valence-corrected chi connectivity index (χ3v) is 5.58. The number of carboxylic acid groups (broad SMARTS) is 1. The average Bonchev–Trinajstić information content (AvgIpc) is 2.77. The first-order valence-corrected chi connectivity index (χ1v) is 12.4. The highest BCUT2D eigenvalue weighted by molar-refractivity contribution is 7.98. The quantitative estimate of drug-likeness (QED) is 0.0900. The van der Waals surface area contributed by atoms with Crippen molar-refractivity contribution in [2.45, 2.75) is 75.7 Å². The van der Waals surface area contributed by atoms with E-state index in [2.05, 4.69) is 16.0 Å². The molecule has 11 N–H and O–H groups in total. The fourth-order valence-corrected chi connectivity index (χ4v) is 3.31. The van der Waals surface area contributed by atoms with E-state index in [1.807, 2.05) is 0 Å². The van der Waals surface area contributed by atoms with Crippen molar-refractivity contribution in [3.05, 3.63) is 0 Å². The van der Waals surface area contributed by atoms with Crippen LogP contribution in [0.4, 0.5) is 0 Å². The molecule has 0 saturated heterocycles. The highest BCUT2D eigenvalue weighted by Crippen LogP contribution is 2.07. The van der Waals surface area contributed by atoms with Gasteiger partial charge in [0.05, 0.1) is 6.10 Å². The molecule has 0 aliphatic rings. The van der Waals surface area contributed by atoms with Crippen LogP contribution in [0.5, 0.6) is 0 Å². The molecule has 0 radical (unpaired) electrons. The molecule has 0 aromatic carbocycles. The number of nitrogens with two attached hydrogens (primary N) is 3. The van der Waals surface area contributed by atoms with E-state index in [4.69, 9.17) is 17.2 Å². The van der Waals surface area contributed by atoms with Gasteiger partial charge in [0.1, 0.15) is 24.2 Å². The topological polar surface area (TPSA) is 240 Å². The Bertz CT molecular complexity index is 694. The maximum atomic E-state index is 12.9. The number of primary amides is 1. The second kappa shape index (κ2) is 17.1. The summed E-state index contributed by atoms with van der Waals surface area (Å²) in [5.41, 5.74) is 16.3. The third kappa shape index (κ3) is 12.7. The van der Waals surface area contributed by atoms with E-state index >= 15 is 0 Å². The van der Waals surface area contributed by atoms with E-state index in [0.717, 1.165) is 0 Å². The summed E-state index contributed by atoms with van der Waals surface area (Å²) in [7, 11) is 0. The Balaban J connectivity index is 5.54. The largest absolute Gasteiger partial charge is 0.480 e. The zero-order valence-corrected chi connectivity index (χ0v) is 20.4. The highest BCUT2D eigenvalue weighted by Gasteiger charge is 2.30. The van der Waals surface area contributed by atoms with Crippen molar-refractivity contribution in [2.24, 2.45) is 17.2 Å². The van der Waals surface area contributed by atoms with Gasteiger partial charge < -0.3 is 43.4 Å². The van der Waals surface area contributed by atoms with Gasteiger partial charge in [-0.05, 0) is 57.6 Å². The van der Waals surface area contributed by atoms with Crippen LogP contribution in [0.25, 0.3) is 0 Å². The van der Waals surface area contributed by atoms with Gasteiger partial charge in [-0.2, -0.15) is 11.8 Å². The number of hydrogen-bond donors (Lipinski definition) is 8. The number of hydrogen-bond acceptors (Lipinski definition) is 9. The maximum Gasteiger partial charge on any atom is 0.326 e. The lowest BCUT2D eigenvalue weighted by Crippen LogP contribution is -2.58. The van der Waals surface area contributed by atoms with Crippen molar-refractivity contribution < 1.29 is 34.2 Å². The third-order valence-electron chi connectivity index (χ3n) is 4.94. The van der Waals surface area contributed by atoms with E-state index in [1.54, 1.807) is 6.26 Å². The molecular weight excluding hydrogens is 468 g/mol. The highest BCUT2D eigenvalue weighted by atomic mass is 32.2. The number of aliphatic carboxylic acids is 1. The molecule has 0 spiro atoms. The van der Waals surface area contributed by atoms with E-state index < -0.39 is 59.9 Å². The van der Waals surface area contributed by atoms with Crippen LogP contribution in [-0.4, -0.2) is 88.6 Å². The van der Waals surface area contributed by atoms with Crippen LogP contribution in [-0.2, 0) is 24.0 Å². The summed E-state index contributed by atoms with van der Waals surface area (Å²) < 4.78 is 0. The van der Waals surface area contributed by atoms with Gasteiger partial charge in [0.25, 0.3) is 0 Å². The summed E-state index contributed by atoms with van der Waals surface area (Å²) in [6.07, 6.45) is 1.63. The molecule has 5 atom stereocenters. The first kappa shape index (κ1) is 31.6. The lowest BCUT2D eigenvalue weighted by Gasteiger charge is -2.25. The van der Waals surface area contributed by atoms with Crippen molar-refractivity contribution >= 4 is 41.4 Å². The Kier molecular flexibility index (Phi) is 15.9. The number of carbonyl (C=O) groups excluding carboxylic acids is 4. The van der Waals surface area contributed by atoms with Gasteiger partial charge >= 0.3 is 5.97 Å². The van der Waals surface area contributed by atoms with Crippen LogP contribution in [0.1, 0.15) is 45.4 Å². The van der Waals surface area contributed by atoms with Gasteiger partial charge in [0, 0.05) is 6.42 Å². The van der Waals surface area contributed by atoms with E-state index in [9.17, 15) is 34.2 Å². The van der Waals surface area contributed by atoms with Crippen LogP contribution >= 0.6 is 11.8 Å². The molecule has 0 aromatic heterocycles. The number of carbonyl (C=O) groups is 5.